The van der Waals surface area contributed by atoms with E-state index in [-0.39, 0.29) is 17.6 Å². The predicted octanol–water partition coefficient (Wildman–Crippen LogP) is 4.94. The van der Waals surface area contributed by atoms with Gasteiger partial charge in [0.25, 0.3) is 5.91 Å². The van der Waals surface area contributed by atoms with Crippen molar-refractivity contribution in [3.8, 4) is 10.6 Å². The summed E-state index contributed by atoms with van der Waals surface area (Å²) >= 11 is 1.47. The maximum absolute atomic E-state index is 13.4. The number of hydrogen-bond donors (Lipinski definition) is 0. The molecule has 4 aromatic rings. The van der Waals surface area contributed by atoms with Crippen LogP contribution in [-0.4, -0.2) is 38.8 Å². The summed E-state index contributed by atoms with van der Waals surface area (Å²) in [4.78, 5) is 29.1. The van der Waals surface area contributed by atoms with Crippen molar-refractivity contribution in [2.45, 2.75) is 25.2 Å². The van der Waals surface area contributed by atoms with E-state index in [0.717, 1.165) is 29.0 Å². The molecule has 1 aromatic carbocycles. The summed E-state index contributed by atoms with van der Waals surface area (Å²) in [6, 6.07) is 9.97. The number of hydrogen-bond acceptors (Lipinski definition) is 6. The lowest BCUT2D eigenvalue weighted by molar-refractivity contribution is 0.0698. The van der Waals surface area contributed by atoms with E-state index in [1.807, 2.05) is 11.0 Å². The summed E-state index contributed by atoms with van der Waals surface area (Å²) < 4.78 is 19.1. The van der Waals surface area contributed by atoms with E-state index in [1.165, 1.54) is 23.5 Å². The first-order valence-electron chi connectivity index (χ1n) is 10.5. The average Bonchev–Trinajstić information content (AvgIpc) is 3.53. The van der Waals surface area contributed by atoms with Gasteiger partial charge in [0.1, 0.15) is 11.6 Å². The van der Waals surface area contributed by atoms with Crippen LogP contribution in [-0.2, 0) is 6.42 Å². The molecular weight excluding hydrogens is 427 g/mol. The predicted molar refractivity (Wildman–Crippen MR) is 119 cm³/mol. The van der Waals surface area contributed by atoms with Crippen molar-refractivity contribution in [3.63, 3.8) is 0 Å². The van der Waals surface area contributed by atoms with Crippen LogP contribution in [0.1, 0.15) is 46.3 Å². The van der Waals surface area contributed by atoms with Crippen molar-refractivity contribution in [3.05, 3.63) is 89.1 Å². The van der Waals surface area contributed by atoms with E-state index in [1.54, 1.807) is 42.3 Å². The number of piperidine rings is 1. The Morgan fingerprint density at radius 1 is 1.19 bits per heavy atom. The van der Waals surface area contributed by atoms with Crippen LogP contribution in [0.4, 0.5) is 4.39 Å². The van der Waals surface area contributed by atoms with Crippen molar-refractivity contribution in [2.75, 3.05) is 13.1 Å². The van der Waals surface area contributed by atoms with E-state index in [0.29, 0.717) is 36.7 Å². The summed E-state index contributed by atoms with van der Waals surface area (Å²) in [5.74, 6) is 1.12. The molecule has 162 valence electrons. The Bertz CT molecular complexity index is 1210. The van der Waals surface area contributed by atoms with Crippen LogP contribution in [0, 0.1) is 5.82 Å². The third kappa shape index (κ3) is 4.31. The minimum Gasteiger partial charge on any atom is -0.445 e. The van der Waals surface area contributed by atoms with Crippen LogP contribution < -0.4 is 0 Å². The first-order valence-corrected chi connectivity index (χ1v) is 11.4. The Kier molecular flexibility index (Phi) is 5.77. The van der Waals surface area contributed by atoms with Gasteiger partial charge in [-0.2, -0.15) is 0 Å². The number of pyridine rings is 1. The molecule has 0 N–H and O–H groups in total. The van der Waals surface area contributed by atoms with Gasteiger partial charge in [0.2, 0.25) is 0 Å². The zero-order valence-corrected chi connectivity index (χ0v) is 18.1. The fourth-order valence-corrected chi connectivity index (χ4v) is 4.67. The van der Waals surface area contributed by atoms with Gasteiger partial charge in [0.05, 0.1) is 33.8 Å². The van der Waals surface area contributed by atoms with Gasteiger partial charge in [-0.05, 0) is 42.7 Å². The molecule has 1 atom stereocenters. The van der Waals surface area contributed by atoms with Crippen molar-refractivity contribution in [1.82, 2.24) is 19.9 Å². The molecule has 1 amide bonds. The molecule has 0 aliphatic carbocycles. The Morgan fingerprint density at radius 2 is 2.06 bits per heavy atom. The van der Waals surface area contributed by atoms with Crippen LogP contribution in [0.5, 0.6) is 0 Å². The minimum atomic E-state index is -0.258. The molecule has 0 bridgehead atoms. The second kappa shape index (κ2) is 9.00. The standard InChI is InChI=1S/C24H21FN4O2S/c25-18-7-5-16(6-8-18)11-19-12-28-23(31-19)17-3-2-10-29(14-17)24(30)20-4-1-9-27-22(20)21-13-26-15-32-21/h1,4-9,12-13,15,17H,2-3,10-11,14H2/t17-/m1/s1. The first-order chi connectivity index (χ1) is 15.7. The number of aromatic nitrogens is 3. The Hall–Kier alpha value is -3.39. The maximum atomic E-state index is 13.4. The van der Waals surface area contributed by atoms with Crippen molar-refractivity contribution in [2.24, 2.45) is 0 Å². The zero-order valence-electron chi connectivity index (χ0n) is 17.3. The summed E-state index contributed by atoms with van der Waals surface area (Å²) in [7, 11) is 0. The highest BCUT2D eigenvalue weighted by molar-refractivity contribution is 7.13. The average molecular weight is 449 g/mol. The lowest BCUT2D eigenvalue weighted by atomic mass is 9.97. The van der Waals surface area contributed by atoms with E-state index >= 15 is 0 Å². The molecule has 6 nitrogen and oxygen atoms in total. The molecular formula is C24H21FN4O2S. The van der Waals surface area contributed by atoms with Crippen LogP contribution in [0.15, 0.2) is 64.9 Å². The van der Waals surface area contributed by atoms with Crippen LogP contribution in [0.2, 0.25) is 0 Å². The molecule has 8 heteroatoms. The molecule has 0 spiro atoms. The summed E-state index contributed by atoms with van der Waals surface area (Å²) in [5, 5.41) is 0. The van der Waals surface area contributed by atoms with Gasteiger partial charge < -0.3 is 9.32 Å². The second-order valence-electron chi connectivity index (χ2n) is 7.82. The number of carbonyl (C=O) groups excluding carboxylic acids is 1. The molecule has 0 radical (unpaired) electrons. The highest BCUT2D eigenvalue weighted by Gasteiger charge is 2.30. The van der Waals surface area contributed by atoms with E-state index in [2.05, 4.69) is 15.0 Å². The Balaban J connectivity index is 1.31. The van der Waals surface area contributed by atoms with Gasteiger partial charge in [-0.25, -0.2) is 9.37 Å². The number of oxazole rings is 1. The largest absolute Gasteiger partial charge is 0.445 e. The zero-order chi connectivity index (χ0) is 21.9. The molecule has 0 saturated carbocycles. The molecule has 32 heavy (non-hydrogen) atoms. The molecule has 1 saturated heterocycles. The molecule has 5 rings (SSSR count). The fourth-order valence-electron chi connectivity index (χ4n) is 4.04. The third-order valence-corrected chi connectivity index (χ3v) is 6.40. The number of carbonyl (C=O) groups is 1. The van der Waals surface area contributed by atoms with Crippen molar-refractivity contribution in [1.29, 1.82) is 0 Å². The molecule has 0 unspecified atom stereocenters. The van der Waals surface area contributed by atoms with Gasteiger partial charge in [-0.1, -0.05) is 12.1 Å². The summed E-state index contributed by atoms with van der Waals surface area (Å²) in [6.07, 6.45) is 7.49. The lowest BCUT2D eigenvalue weighted by Gasteiger charge is -2.31. The summed E-state index contributed by atoms with van der Waals surface area (Å²) in [6.45, 7) is 1.24. The highest BCUT2D eigenvalue weighted by Crippen LogP contribution is 2.30. The van der Waals surface area contributed by atoms with Gasteiger partial charge in [0.15, 0.2) is 5.89 Å². The number of likely N-dealkylation sites (tertiary alicyclic amines) is 1. The topological polar surface area (TPSA) is 72.1 Å². The van der Waals surface area contributed by atoms with E-state index in [4.69, 9.17) is 4.42 Å². The first kappa shape index (κ1) is 20.5. The highest BCUT2D eigenvalue weighted by atomic mass is 32.1. The van der Waals surface area contributed by atoms with Gasteiger partial charge in [0, 0.05) is 31.9 Å². The van der Waals surface area contributed by atoms with Crippen molar-refractivity contribution >= 4 is 17.2 Å². The Labute approximate surface area is 188 Å². The number of amides is 1. The molecule has 1 aliphatic rings. The van der Waals surface area contributed by atoms with Crippen LogP contribution >= 0.6 is 11.3 Å². The van der Waals surface area contributed by atoms with E-state index in [9.17, 15) is 9.18 Å². The SMILES string of the molecule is O=C(c1cccnc1-c1cncs1)N1CCC[C@@H](c2ncc(Cc3ccc(F)cc3)o2)C1. The molecule has 4 heterocycles. The quantitative estimate of drug-likeness (QED) is 0.432. The lowest BCUT2D eigenvalue weighted by Crippen LogP contribution is -2.39. The fraction of sp³-hybridized carbons (Fsp3) is 0.250. The molecule has 3 aromatic heterocycles. The number of rotatable bonds is 5. The Morgan fingerprint density at radius 3 is 2.88 bits per heavy atom. The second-order valence-corrected chi connectivity index (χ2v) is 8.71. The van der Waals surface area contributed by atoms with Gasteiger partial charge in [-0.15, -0.1) is 11.3 Å². The monoisotopic (exact) mass is 448 g/mol. The molecule has 1 fully saturated rings. The van der Waals surface area contributed by atoms with Crippen LogP contribution in [0.25, 0.3) is 10.6 Å². The number of benzene rings is 1. The maximum Gasteiger partial charge on any atom is 0.256 e. The number of nitrogens with zero attached hydrogens (tertiary/aromatic N) is 4. The van der Waals surface area contributed by atoms with Crippen molar-refractivity contribution < 1.29 is 13.6 Å². The number of halogens is 1. The third-order valence-electron chi connectivity index (χ3n) is 5.62. The van der Waals surface area contributed by atoms with Gasteiger partial charge in [-0.3, -0.25) is 14.8 Å². The normalized spacial score (nSPS) is 16.3. The molecule has 1 aliphatic heterocycles. The number of thiazole rings is 1. The minimum absolute atomic E-state index is 0.0377. The summed E-state index contributed by atoms with van der Waals surface area (Å²) in [5.41, 5.74) is 3.95. The smallest absolute Gasteiger partial charge is 0.256 e. The van der Waals surface area contributed by atoms with Crippen LogP contribution in [0.3, 0.4) is 0 Å². The van der Waals surface area contributed by atoms with E-state index < -0.39 is 0 Å². The van der Waals surface area contributed by atoms with Gasteiger partial charge >= 0.3 is 0 Å².